The quantitative estimate of drug-likeness (QED) is 0.479. The number of aliphatic carboxylic acids is 1. The Bertz CT molecular complexity index is 159. The first kappa shape index (κ1) is 11.4. The second-order valence-corrected chi connectivity index (χ2v) is 3.10. The van der Waals surface area contributed by atoms with Gasteiger partial charge in [-0.15, -0.1) is 0 Å². The lowest BCUT2D eigenvalue weighted by atomic mass is 10.2. The highest BCUT2D eigenvalue weighted by Crippen LogP contribution is 1.98. The minimum atomic E-state index is -1.12. The Hall–Kier alpha value is -0.640. The molecule has 12 heavy (non-hydrogen) atoms. The summed E-state index contributed by atoms with van der Waals surface area (Å²) in [6.07, 6.45) is 4.07. The third-order valence-corrected chi connectivity index (χ3v) is 1.79. The molecule has 0 fully saturated rings. The van der Waals surface area contributed by atoms with Gasteiger partial charge in [0.25, 0.3) is 0 Å². The molecule has 0 rings (SSSR count). The number of carbonyl (C=O) groups is 1. The number of nitrogens with one attached hydrogen (secondary N) is 1. The number of rotatable bonds is 6. The van der Waals surface area contributed by atoms with E-state index in [9.17, 15) is 9.90 Å². The van der Waals surface area contributed by atoms with Gasteiger partial charge in [0.05, 0.1) is 17.5 Å². The number of carboxylic acids is 1. The van der Waals surface area contributed by atoms with Crippen molar-refractivity contribution in [1.82, 2.24) is 5.32 Å². The molecule has 0 aromatic rings. The molecule has 0 spiro atoms. The van der Waals surface area contributed by atoms with Crippen molar-refractivity contribution >= 4 is 23.2 Å². The summed E-state index contributed by atoms with van der Waals surface area (Å²) in [5.41, 5.74) is 0. The lowest BCUT2D eigenvalue weighted by Gasteiger charge is -2.07. The average Bonchev–Trinajstić information content (AvgIpc) is 2.01. The first-order chi connectivity index (χ1) is 5.66. The Morgan fingerprint density at radius 1 is 1.50 bits per heavy atom. The van der Waals surface area contributed by atoms with Crippen LogP contribution in [-0.4, -0.2) is 17.5 Å². The maximum atomic E-state index is 10.0. The molecule has 0 aromatic carbocycles. The third-order valence-electron chi connectivity index (χ3n) is 1.44. The molecule has 0 bridgehead atoms. The molecule has 0 atom stereocenters. The van der Waals surface area contributed by atoms with E-state index in [0.717, 1.165) is 25.7 Å². The molecule has 0 heterocycles. The molecule has 0 aliphatic heterocycles. The van der Waals surface area contributed by atoms with E-state index in [0.29, 0.717) is 4.99 Å². The first-order valence-electron chi connectivity index (χ1n) is 4.13. The van der Waals surface area contributed by atoms with Crippen molar-refractivity contribution in [2.45, 2.75) is 32.6 Å². The van der Waals surface area contributed by atoms with Crippen LogP contribution in [0.1, 0.15) is 32.6 Å². The zero-order valence-electron chi connectivity index (χ0n) is 7.26. The third kappa shape index (κ3) is 7.47. The summed E-state index contributed by atoms with van der Waals surface area (Å²) in [7, 11) is 0. The molecule has 0 aromatic heterocycles. The zero-order chi connectivity index (χ0) is 9.40. The summed E-state index contributed by atoms with van der Waals surface area (Å²) in [6.45, 7) is 1.93. The van der Waals surface area contributed by atoms with E-state index in [1.807, 2.05) is 0 Å². The highest BCUT2D eigenvalue weighted by Gasteiger charge is 1.94. The normalized spacial score (nSPS) is 9.42. The molecule has 0 amide bonds. The van der Waals surface area contributed by atoms with Gasteiger partial charge in [-0.2, -0.15) is 0 Å². The van der Waals surface area contributed by atoms with Crippen LogP contribution in [0.25, 0.3) is 0 Å². The number of unbranched alkanes of at least 4 members (excludes halogenated alkanes) is 2. The van der Waals surface area contributed by atoms with Gasteiger partial charge in [-0.3, -0.25) is 0 Å². The summed E-state index contributed by atoms with van der Waals surface area (Å²) >= 11 is 4.88. The fourth-order valence-electron chi connectivity index (χ4n) is 0.795. The van der Waals surface area contributed by atoms with Crippen molar-refractivity contribution in [2.75, 3.05) is 6.54 Å². The highest BCUT2D eigenvalue weighted by atomic mass is 32.1. The van der Waals surface area contributed by atoms with E-state index in [1.165, 1.54) is 0 Å². The van der Waals surface area contributed by atoms with Gasteiger partial charge >= 0.3 is 0 Å². The minimum absolute atomic E-state index is 0.176. The van der Waals surface area contributed by atoms with Crippen LogP contribution in [0.5, 0.6) is 0 Å². The van der Waals surface area contributed by atoms with Gasteiger partial charge < -0.3 is 15.2 Å². The van der Waals surface area contributed by atoms with Crippen molar-refractivity contribution in [3.8, 4) is 0 Å². The molecule has 0 aliphatic carbocycles. The SMILES string of the molecule is CCCCCC(=S)NCC(=O)[O-]. The minimum Gasteiger partial charge on any atom is -0.548 e. The Morgan fingerprint density at radius 3 is 2.67 bits per heavy atom. The predicted molar refractivity (Wildman–Crippen MR) is 49.7 cm³/mol. The average molecular weight is 188 g/mol. The van der Waals surface area contributed by atoms with Gasteiger partial charge in [0.1, 0.15) is 0 Å². The van der Waals surface area contributed by atoms with E-state index in [4.69, 9.17) is 12.2 Å². The van der Waals surface area contributed by atoms with E-state index >= 15 is 0 Å². The zero-order valence-corrected chi connectivity index (χ0v) is 8.08. The summed E-state index contributed by atoms with van der Waals surface area (Å²) in [4.78, 5) is 10.6. The van der Waals surface area contributed by atoms with Gasteiger partial charge in [-0.25, -0.2) is 0 Å². The first-order valence-corrected chi connectivity index (χ1v) is 4.54. The molecule has 0 saturated heterocycles. The molecule has 0 radical (unpaired) electrons. The molecule has 4 heteroatoms. The molecule has 3 nitrogen and oxygen atoms in total. The van der Waals surface area contributed by atoms with E-state index in [-0.39, 0.29) is 6.54 Å². The number of carbonyl (C=O) groups excluding carboxylic acids is 1. The number of thiocarbonyl (C=S) groups is 1. The van der Waals surface area contributed by atoms with Gasteiger partial charge in [0.15, 0.2) is 0 Å². The summed E-state index contributed by atoms with van der Waals surface area (Å²) < 4.78 is 0. The highest BCUT2D eigenvalue weighted by molar-refractivity contribution is 7.80. The predicted octanol–water partition coefficient (Wildman–Crippen LogP) is 0.234. The lowest BCUT2D eigenvalue weighted by molar-refractivity contribution is -0.303. The van der Waals surface area contributed by atoms with Crippen molar-refractivity contribution in [2.24, 2.45) is 0 Å². The molecule has 0 unspecified atom stereocenters. The monoisotopic (exact) mass is 188 g/mol. The number of hydrogen-bond acceptors (Lipinski definition) is 3. The Labute approximate surface area is 78.2 Å². The maximum Gasteiger partial charge on any atom is 0.0756 e. The van der Waals surface area contributed by atoms with Crippen molar-refractivity contribution in [1.29, 1.82) is 0 Å². The van der Waals surface area contributed by atoms with Gasteiger partial charge in [-0.05, 0) is 12.8 Å². The standard InChI is InChI=1S/C8H15NO2S/c1-2-3-4-5-7(12)9-6-8(10)11/h2-6H2,1H3,(H,9,12)(H,10,11)/p-1. The Balaban J connectivity index is 3.28. The fraction of sp³-hybridized carbons (Fsp3) is 0.750. The maximum absolute atomic E-state index is 10.0. The molecule has 0 saturated carbocycles. The topological polar surface area (TPSA) is 52.2 Å². The van der Waals surface area contributed by atoms with Crippen molar-refractivity contribution in [3.05, 3.63) is 0 Å². The van der Waals surface area contributed by atoms with Crippen LogP contribution in [0.3, 0.4) is 0 Å². The summed E-state index contributed by atoms with van der Waals surface area (Å²) in [5.74, 6) is -1.12. The fourth-order valence-corrected chi connectivity index (χ4v) is 1.01. The van der Waals surface area contributed by atoms with Crippen LogP contribution in [0.2, 0.25) is 0 Å². The van der Waals surface area contributed by atoms with Crippen molar-refractivity contribution < 1.29 is 9.90 Å². The second kappa shape index (κ2) is 7.03. The number of carboxylic acid groups (broad SMARTS) is 1. The Morgan fingerprint density at radius 2 is 2.17 bits per heavy atom. The lowest BCUT2D eigenvalue weighted by Crippen LogP contribution is -2.36. The summed E-state index contributed by atoms with van der Waals surface area (Å²) in [5, 5.41) is 12.6. The van der Waals surface area contributed by atoms with Crippen LogP contribution < -0.4 is 10.4 Å². The Kier molecular flexibility index (Phi) is 6.66. The summed E-state index contributed by atoms with van der Waals surface area (Å²) in [6, 6.07) is 0. The molecule has 70 valence electrons. The molecular formula is C8H14NO2S-. The van der Waals surface area contributed by atoms with Crippen LogP contribution in [0.15, 0.2) is 0 Å². The van der Waals surface area contributed by atoms with E-state index in [2.05, 4.69) is 12.2 Å². The molecular weight excluding hydrogens is 174 g/mol. The van der Waals surface area contributed by atoms with E-state index in [1.54, 1.807) is 0 Å². The largest absolute Gasteiger partial charge is 0.548 e. The van der Waals surface area contributed by atoms with Crippen LogP contribution in [0.4, 0.5) is 0 Å². The smallest absolute Gasteiger partial charge is 0.0756 e. The number of hydrogen-bond donors (Lipinski definition) is 1. The van der Waals surface area contributed by atoms with E-state index < -0.39 is 5.97 Å². The molecule has 1 N–H and O–H groups in total. The van der Waals surface area contributed by atoms with Gasteiger partial charge in [0, 0.05) is 0 Å². The van der Waals surface area contributed by atoms with Crippen LogP contribution >= 0.6 is 12.2 Å². The van der Waals surface area contributed by atoms with Gasteiger partial charge in [0.2, 0.25) is 0 Å². The van der Waals surface area contributed by atoms with Crippen LogP contribution in [-0.2, 0) is 4.79 Å². The van der Waals surface area contributed by atoms with Gasteiger partial charge in [-0.1, -0.05) is 32.0 Å². The van der Waals surface area contributed by atoms with Crippen LogP contribution in [0, 0.1) is 0 Å². The second-order valence-electron chi connectivity index (χ2n) is 2.61. The molecule has 0 aliphatic rings. The van der Waals surface area contributed by atoms with Crippen molar-refractivity contribution in [3.63, 3.8) is 0 Å².